The van der Waals surface area contributed by atoms with Crippen molar-refractivity contribution in [2.24, 2.45) is 0 Å². The van der Waals surface area contributed by atoms with Gasteiger partial charge in [0.1, 0.15) is 16.7 Å². The van der Waals surface area contributed by atoms with Gasteiger partial charge in [-0.25, -0.2) is 4.98 Å². The Bertz CT molecular complexity index is 3930. The first kappa shape index (κ1) is 31.1. The largest absolute Gasteiger partial charge is 0.454 e. The van der Waals surface area contributed by atoms with Gasteiger partial charge in [-0.15, -0.1) is 0 Å². The highest BCUT2D eigenvalue weighted by Gasteiger charge is 2.21. The van der Waals surface area contributed by atoms with Gasteiger partial charge in [0.2, 0.25) is 0 Å². The van der Waals surface area contributed by atoms with Gasteiger partial charge in [0, 0.05) is 49.1 Å². The van der Waals surface area contributed by atoms with Gasteiger partial charge in [-0.05, 0) is 96.1 Å². The quantitative estimate of drug-likeness (QED) is 0.181. The molecular weight excluding hydrogens is 711 g/mol. The zero-order valence-corrected chi connectivity index (χ0v) is 30.9. The number of pyridine rings is 1. The number of benzene rings is 8. The number of nitrogens with zero attached hydrogens (tertiary/aromatic N) is 5. The summed E-state index contributed by atoms with van der Waals surface area (Å²) in [6, 6.07) is 64.4. The standard InChI is InChI=1S/C52H29N5O/c53-30-31-18-22-43-48(26-31)57-50-42-29-35(21-25-49(42)58-51(50)38-14-4-5-15-39(38)52(57)54-43)56-45-17-9-7-13-37(45)41-28-33(20-24-47(41)56)32-19-23-46-40(27-32)36-12-6-8-16-44(36)55(46)34-10-2-1-3-11-34/h1-29H. The molecule has 0 saturated heterocycles. The third-order valence-corrected chi connectivity index (χ3v) is 12.0. The van der Waals surface area contributed by atoms with Crippen LogP contribution in [0.15, 0.2) is 180 Å². The lowest BCUT2D eigenvalue weighted by molar-refractivity contribution is 0.672. The Kier molecular flexibility index (Phi) is 6.14. The first-order valence-electron chi connectivity index (χ1n) is 19.4. The molecule has 0 bridgehead atoms. The predicted octanol–water partition coefficient (Wildman–Crippen LogP) is 13.3. The van der Waals surface area contributed by atoms with Gasteiger partial charge < -0.3 is 13.6 Å². The molecule has 0 saturated carbocycles. The Morgan fingerprint density at radius 3 is 1.74 bits per heavy atom. The van der Waals surface area contributed by atoms with Crippen LogP contribution in [0.25, 0.3) is 116 Å². The van der Waals surface area contributed by atoms with Crippen LogP contribution in [0.3, 0.4) is 0 Å². The van der Waals surface area contributed by atoms with Gasteiger partial charge in [0.05, 0.1) is 44.7 Å². The smallest absolute Gasteiger partial charge is 0.160 e. The summed E-state index contributed by atoms with van der Waals surface area (Å²) >= 11 is 0. The van der Waals surface area contributed by atoms with E-state index in [9.17, 15) is 5.26 Å². The molecule has 8 aromatic carbocycles. The third kappa shape index (κ3) is 4.16. The van der Waals surface area contributed by atoms with Crippen LogP contribution in [0.5, 0.6) is 0 Å². The van der Waals surface area contributed by atoms with E-state index >= 15 is 0 Å². The highest BCUT2D eigenvalue weighted by molar-refractivity contribution is 6.19. The van der Waals surface area contributed by atoms with Crippen LogP contribution in [-0.4, -0.2) is 18.5 Å². The highest BCUT2D eigenvalue weighted by Crippen LogP contribution is 2.42. The molecule has 0 spiro atoms. The molecule has 6 nitrogen and oxygen atoms in total. The van der Waals surface area contributed by atoms with Crippen LogP contribution in [0.2, 0.25) is 0 Å². The first-order chi connectivity index (χ1) is 28.7. The maximum atomic E-state index is 9.84. The van der Waals surface area contributed by atoms with Crippen molar-refractivity contribution in [1.82, 2.24) is 18.5 Å². The molecule has 5 heterocycles. The molecule has 0 N–H and O–H groups in total. The Balaban J connectivity index is 1.03. The van der Waals surface area contributed by atoms with E-state index in [2.05, 4.69) is 165 Å². The fourth-order valence-corrected chi connectivity index (χ4v) is 9.48. The summed E-state index contributed by atoms with van der Waals surface area (Å²) < 4.78 is 13.6. The lowest BCUT2D eigenvalue weighted by Gasteiger charge is -2.10. The van der Waals surface area contributed by atoms with E-state index in [4.69, 9.17) is 9.40 Å². The zero-order chi connectivity index (χ0) is 38.1. The Hall–Kier alpha value is -8.14. The molecule has 6 heteroatoms. The average molecular weight is 740 g/mol. The summed E-state index contributed by atoms with van der Waals surface area (Å²) in [5, 5.41) is 17.7. The van der Waals surface area contributed by atoms with E-state index in [0.29, 0.717) is 5.56 Å². The molecule has 13 rings (SSSR count). The van der Waals surface area contributed by atoms with Crippen molar-refractivity contribution in [2.45, 2.75) is 0 Å². The molecule has 0 fully saturated rings. The number of aromatic nitrogens is 4. The van der Waals surface area contributed by atoms with Crippen molar-refractivity contribution in [3.05, 3.63) is 181 Å². The summed E-state index contributed by atoms with van der Waals surface area (Å²) in [7, 11) is 0. The minimum atomic E-state index is 0.590. The molecule has 0 unspecified atom stereocenters. The van der Waals surface area contributed by atoms with Crippen molar-refractivity contribution in [3.63, 3.8) is 0 Å². The van der Waals surface area contributed by atoms with E-state index in [1.54, 1.807) is 0 Å². The van der Waals surface area contributed by atoms with Crippen molar-refractivity contribution in [3.8, 4) is 28.6 Å². The second-order valence-electron chi connectivity index (χ2n) is 15.1. The van der Waals surface area contributed by atoms with E-state index in [1.165, 1.54) is 43.7 Å². The molecule has 0 aliphatic carbocycles. The summed E-state index contributed by atoms with van der Waals surface area (Å²) in [5.41, 5.74) is 14.9. The van der Waals surface area contributed by atoms with E-state index in [1.807, 2.05) is 30.3 Å². The predicted molar refractivity (Wildman–Crippen MR) is 236 cm³/mol. The number of hydrogen-bond acceptors (Lipinski definition) is 3. The van der Waals surface area contributed by atoms with Gasteiger partial charge in [-0.1, -0.05) is 91.0 Å². The van der Waals surface area contributed by atoms with Crippen LogP contribution in [-0.2, 0) is 0 Å². The summed E-state index contributed by atoms with van der Waals surface area (Å²) in [5.74, 6) is 0. The molecule has 58 heavy (non-hydrogen) atoms. The molecule has 5 aromatic heterocycles. The van der Waals surface area contributed by atoms with Gasteiger partial charge in [-0.2, -0.15) is 5.26 Å². The highest BCUT2D eigenvalue weighted by atomic mass is 16.3. The van der Waals surface area contributed by atoms with Crippen LogP contribution >= 0.6 is 0 Å². The minimum absolute atomic E-state index is 0.590. The van der Waals surface area contributed by atoms with Crippen LogP contribution in [0.4, 0.5) is 0 Å². The molecule has 268 valence electrons. The van der Waals surface area contributed by atoms with Crippen LogP contribution in [0, 0.1) is 11.3 Å². The maximum absolute atomic E-state index is 9.84. The normalized spacial score (nSPS) is 12.1. The Labute approximate surface area is 330 Å². The topological polar surface area (TPSA) is 64.1 Å². The molecule has 0 atom stereocenters. The summed E-state index contributed by atoms with van der Waals surface area (Å²) in [6.45, 7) is 0. The zero-order valence-electron chi connectivity index (χ0n) is 30.9. The average Bonchev–Trinajstić information content (AvgIpc) is 4.04. The van der Waals surface area contributed by atoms with Crippen molar-refractivity contribution < 1.29 is 4.42 Å². The molecular formula is C52H29N5O. The molecule has 0 aliphatic heterocycles. The number of furan rings is 1. The third-order valence-electron chi connectivity index (χ3n) is 12.0. The van der Waals surface area contributed by atoms with Crippen LogP contribution < -0.4 is 0 Å². The molecule has 0 radical (unpaired) electrons. The van der Waals surface area contributed by atoms with Gasteiger partial charge in [-0.3, -0.25) is 4.40 Å². The number of hydrogen-bond donors (Lipinski definition) is 0. The van der Waals surface area contributed by atoms with Gasteiger partial charge in [0.15, 0.2) is 5.58 Å². The van der Waals surface area contributed by atoms with Crippen molar-refractivity contribution in [2.75, 3.05) is 0 Å². The molecule has 13 aromatic rings. The van der Waals surface area contributed by atoms with Gasteiger partial charge in [0.25, 0.3) is 0 Å². The summed E-state index contributed by atoms with van der Waals surface area (Å²) in [6.07, 6.45) is 0. The number of rotatable bonds is 3. The van der Waals surface area contributed by atoms with E-state index in [0.717, 1.165) is 71.9 Å². The Morgan fingerprint density at radius 1 is 0.448 bits per heavy atom. The minimum Gasteiger partial charge on any atom is -0.454 e. The van der Waals surface area contributed by atoms with Crippen molar-refractivity contribution >= 4 is 93.1 Å². The number of nitriles is 1. The Morgan fingerprint density at radius 2 is 1.05 bits per heavy atom. The number of fused-ring (bicyclic) bond motifs is 16. The van der Waals surface area contributed by atoms with Gasteiger partial charge >= 0.3 is 0 Å². The number of imidazole rings is 1. The fourth-order valence-electron chi connectivity index (χ4n) is 9.48. The molecule has 0 aliphatic rings. The second-order valence-corrected chi connectivity index (χ2v) is 15.1. The lowest BCUT2D eigenvalue weighted by atomic mass is 10.0. The van der Waals surface area contributed by atoms with Crippen molar-refractivity contribution in [1.29, 1.82) is 5.26 Å². The monoisotopic (exact) mass is 739 g/mol. The van der Waals surface area contributed by atoms with E-state index < -0.39 is 0 Å². The van der Waals surface area contributed by atoms with E-state index in [-0.39, 0.29) is 0 Å². The maximum Gasteiger partial charge on any atom is 0.160 e. The first-order valence-corrected chi connectivity index (χ1v) is 19.4. The summed E-state index contributed by atoms with van der Waals surface area (Å²) in [4.78, 5) is 5.09. The fraction of sp³-hybridized carbons (Fsp3) is 0. The van der Waals surface area contributed by atoms with Crippen LogP contribution in [0.1, 0.15) is 5.56 Å². The SMILES string of the molecule is N#Cc1ccc2nc3c4ccccc4c4oc5ccc(-n6c7ccccc7c7cc(-c8ccc9c(c8)c8ccccc8n9-c8ccccc8)ccc76)cc5c4n3c2c1. The lowest BCUT2D eigenvalue weighted by Crippen LogP contribution is -1.94. The number of para-hydroxylation sites is 3. The second kappa shape index (κ2) is 11.5. The molecule has 0 amide bonds.